The molecule has 3 N–H and O–H groups in total. The molecule has 0 fully saturated rings. The van der Waals surface area contributed by atoms with Crippen LogP contribution in [0.2, 0.25) is 0 Å². The van der Waals surface area contributed by atoms with Gasteiger partial charge in [-0.05, 0) is 36.6 Å². The molecule has 10 heteroatoms. The van der Waals surface area contributed by atoms with E-state index < -0.39 is 0 Å². The highest BCUT2D eigenvalue weighted by Crippen LogP contribution is 2.23. The standard InChI is InChI=1S/C17H17N5O3S2/c1-2-25-16(24)12-7-5-11(6-8-12)15-20-21-17(22(15)18)27-10-13(23)19-14-4-3-9-26-14/h3-9H,2,10,18H2,1H3,(H,19,23). The van der Waals surface area contributed by atoms with Crippen molar-refractivity contribution in [2.24, 2.45) is 0 Å². The first-order chi connectivity index (χ1) is 13.1. The van der Waals surface area contributed by atoms with Crippen LogP contribution in [-0.4, -0.2) is 39.1 Å². The average Bonchev–Trinajstić information content (AvgIpc) is 3.30. The number of rotatable bonds is 7. The summed E-state index contributed by atoms with van der Waals surface area (Å²) >= 11 is 2.64. The molecule has 0 atom stereocenters. The second kappa shape index (κ2) is 8.69. The Balaban J connectivity index is 1.64. The smallest absolute Gasteiger partial charge is 0.338 e. The lowest BCUT2D eigenvalue weighted by atomic mass is 10.1. The van der Waals surface area contributed by atoms with Crippen LogP contribution >= 0.6 is 23.1 Å². The number of thioether (sulfide) groups is 1. The van der Waals surface area contributed by atoms with Crippen molar-refractivity contribution in [1.29, 1.82) is 0 Å². The van der Waals surface area contributed by atoms with Gasteiger partial charge in [0.1, 0.15) is 0 Å². The predicted molar refractivity (Wildman–Crippen MR) is 105 cm³/mol. The number of carbonyl (C=O) groups excluding carboxylic acids is 2. The third kappa shape index (κ3) is 4.66. The van der Waals surface area contributed by atoms with Gasteiger partial charge in [0.2, 0.25) is 11.1 Å². The number of ether oxygens (including phenoxy) is 1. The fourth-order valence-corrected chi connectivity index (χ4v) is 3.49. The van der Waals surface area contributed by atoms with Crippen molar-refractivity contribution in [3.63, 3.8) is 0 Å². The molecule has 8 nitrogen and oxygen atoms in total. The van der Waals surface area contributed by atoms with Crippen molar-refractivity contribution in [2.45, 2.75) is 12.1 Å². The van der Waals surface area contributed by atoms with Crippen LogP contribution in [0.1, 0.15) is 17.3 Å². The molecule has 3 aromatic rings. The van der Waals surface area contributed by atoms with Gasteiger partial charge in [0.15, 0.2) is 5.82 Å². The maximum absolute atomic E-state index is 12.0. The Morgan fingerprint density at radius 1 is 1.26 bits per heavy atom. The quantitative estimate of drug-likeness (QED) is 0.354. The van der Waals surface area contributed by atoms with Crippen LogP contribution in [0.25, 0.3) is 11.4 Å². The van der Waals surface area contributed by atoms with E-state index in [4.69, 9.17) is 10.6 Å². The molecule has 0 aliphatic rings. The number of amides is 1. The van der Waals surface area contributed by atoms with E-state index in [1.807, 2.05) is 17.5 Å². The molecule has 0 unspecified atom stereocenters. The fraction of sp³-hybridized carbons (Fsp3) is 0.176. The average molecular weight is 403 g/mol. The van der Waals surface area contributed by atoms with Gasteiger partial charge >= 0.3 is 5.97 Å². The fourth-order valence-electron chi connectivity index (χ4n) is 2.20. The molecule has 1 aromatic carbocycles. The summed E-state index contributed by atoms with van der Waals surface area (Å²) in [7, 11) is 0. The summed E-state index contributed by atoms with van der Waals surface area (Å²) in [5.74, 6) is 6.12. The summed E-state index contributed by atoms with van der Waals surface area (Å²) in [6.07, 6.45) is 0. The van der Waals surface area contributed by atoms with Gasteiger partial charge in [-0.3, -0.25) is 4.79 Å². The van der Waals surface area contributed by atoms with Crippen molar-refractivity contribution in [1.82, 2.24) is 14.9 Å². The Bertz CT molecular complexity index is 923. The summed E-state index contributed by atoms with van der Waals surface area (Å²) in [6, 6.07) is 10.4. The number of esters is 1. The zero-order valence-electron chi connectivity index (χ0n) is 14.4. The lowest BCUT2D eigenvalue weighted by Crippen LogP contribution is -2.16. The van der Waals surface area contributed by atoms with Crippen LogP contribution in [0.3, 0.4) is 0 Å². The Labute approximate surface area is 163 Å². The molecule has 0 bridgehead atoms. The Kier molecular flexibility index (Phi) is 6.09. The molecule has 2 aromatic heterocycles. The van der Waals surface area contributed by atoms with Gasteiger partial charge in [-0.15, -0.1) is 21.5 Å². The van der Waals surface area contributed by atoms with Crippen molar-refractivity contribution < 1.29 is 14.3 Å². The van der Waals surface area contributed by atoms with Gasteiger partial charge in [0, 0.05) is 5.56 Å². The Hall–Kier alpha value is -2.85. The summed E-state index contributed by atoms with van der Waals surface area (Å²) in [4.78, 5) is 23.7. The minimum absolute atomic E-state index is 0.147. The molecule has 0 aliphatic heterocycles. The maximum atomic E-state index is 12.0. The topological polar surface area (TPSA) is 112 Å². The highest BCUT2D eigenvalue weighted by Gasteiger charge is 2.15. The first-order valence-corrected chi connectivity index (χ1v) is 9.89. The minimum Gasteiger partial charge on any atom is -0.462 e. The number of thiophene rings is 1. The second-order valence-corrected chi connectivity index (χ2v) is 7.18. The van der Waals surface area contributed by atoms with Crippen LogP contribution < -0.4 is 11.2 Å². The number of nitrogen functional groups attached to an aromatic ring is 1. The van der Waals surface area contributed by atoms with Crippen LogP contribution in [0.5, 0.6) is 0 Å². The van der Waals surface area contributed by atoms with Crippen molar-refractivity contribution >= 4 is 40.0 Å². The maximum Gasteiger partial charge on any atom is 0.338 e. The number of carbonyl (C=O) groups is 2. The van der Waals surface area contributed by atoms with Crippen molar-refractivity contribution in [2.75, 3.05) is 23.5 Å². The van der Waals surface area contributed by atoms with E-state index in [0.29, 0.717) is 28.7 Å². The van der Waals surface area contributed by atoms with Gasteiger partial charge in [0.25, 0.3) is 0 Å². The number of benzene rings is 1. The molecule has 0 saturated heterocycles. The lowest BCUT2D eigenvalue weighted by molar-refractivity contribution is -0.113. The van der Waals surface area contributed by atoms with E-state index in [1.165, 1.54) is 27.8 Å². The highest BCUT2D eigenvalue weighted by atomic mass is 32.2. The molecule has 0 saturated carbocycles. The number of nitrogens with zero attached hydrogens (tertiary/aromatic N) is 3. The number of nitrogens with one attached hydrogen (secondary N) is 1. The van der Waals surface area contributed by atoms with E-state index in [1.54, 1.807) is 31.2 Å². The SMILES string of the molecule is CCOC(=O)c1ccc(-c2nnc(SCC(=O)Nc3cccs3)n2N)cc1. The number of anilines is 1. The minimum atomic E-state index is -0.383. The van der Waals surface area contributed by atoms with Crippen LogP contribution in [0.15, 0.2) is 46.9 Å². The molecular formula is C17H17N5O3S2. The molecule has 1 amide bonds. The molecule has 0 radical (unpaired) electrons. The van der Waals surface area contributed by atoms with E-state index in [2.05, 4.69) is 15.5 Å². The first kappa shape index (κ1) is 18.9. The van der Waals surface area contributed by atoms with E-state index in [0.717, 1.165) is 5.00 Å². The van der Waals surface area contributed by atoms with Gasteiger partial charge in [-0.1, -0.05) is 23.9 Å². The molecule has 2 heterocycles. The highest BCUT2D eigenvalue weighted by molar-refractivity contribution is 7.99. The second-order valence-electron chi connectivity index (χ2n) is 5.29. The summed E-state index contributed by atoms with van der Waals surface area (Å²) in [5.41, 5.74) is 1.15. The van der Waals surface area contributed by atoms with Crippen LogP contribution in [0, 0.1) is 0 Å². The number of nitrogens with two attached hydrogens (primary N) is 1. The third-order valence-electron chi connectivity index (χ3n) is 3.43. The van der Waals surface area contributed by atoms with Crippen molar-refractivity contribution in [3.8, 4) is 11.4 Å². The van der Waals surface area contributed by atoms with E-state index in [9.17, 15) is 9.59 Å². The summed E-state index contributed by atoms with van der Waals surface area (Å²) in [5, 5.41) is 14.0. The summed E-state index contributed by atoms with van der Waals surface area (Å²) < 4.78 is 6.28. The number of hydrogen-bond acceptors (Lipinski definition) is 8. The van der Waals surface area contributed by atoms with Gasteiger partial charge in [-0.25, -0.2) is 9.47 Å². The van der Waals surface area contributed by atoms with Gasteiger partial charge in [-0.2, -0.15) is 0 Å². The van der Waals surface area contributed by atoms with Crippen LogP contribution in [-0.2, 0) is 9.53 Å². The number of hydrogen-bond donors (Lipinski definition) is 2. The normalized spacial score (nSPS) is 10.6. The zero-order valence-corrected chi connectivity index (χ0v) is 16.0. The molecule has 0 spiro atoms. The largest absolute Gasteiger partial charge is 0.462 e. The monoisotopic (exact) mass is 403 g/mol. The van der Waals surface area contributed by atoms with E-state index >= 15 is 0 Å². The molecule has 140 valence electrons. The van der Waals surface area contributed by atoms with Crippen molar-refractivity contribution in [3.05, 3.63) is 47.3 Å². The molecule has 27 heavy (non-hydrogen) atoms. The van der Waals surface area contributed by atoms with Gasteiger partial charge in [0.05, 0.1) is 22.9 Å². The first-order valence-electron chi connectivity index (χ1n) is 8.02. The molecule has 3 rings (SSSR count). The van der Waals surface area contributed by atoms with E-state index in [-0.39, 0.29) is 17.6 Å². The molecular weight excluding hydrogens is 386 g/mol. The molecule has 0 aliphatic carbocycles. The van der Waals surface area contributed by atoms with Crippen LogP contribution in [0.4, 0.5) is 5.00 Å². The summed E-state index contributed by atoms with van der Waals surface area (Å²) in [6.45, 7) is 2.07. The predicted octanol–water partition coefficient (Wildman–Crippen LogP) is 2.63. The Morgan fingerprint density at radius 2 is 2.04 bits per heavy atom. The number of aromatic nitrogens is 3. The Morgan fingerprint density at radius 3 is 2.70 bits per heavy atom. The zero-order chi connectivity index (χ0) is 19.2. The van der Waals surface area contributed by atoms with Gasteiger partial charge < -0.3 is 15.9 Å². The third-order valence-corrected chi connectivity index (χ3v) is 5.16. The lowest BCUT2D eigenvalue weighted by Gasteiger charge is -2.05.